The first-order valence-corrected chi connectivity index (χ1v) is 11.9. The number of nitrogens with one attached hydrogen (secondary N) is 2. The molecule has 10 nitrogen and oxygen atoms in total. The molecule has 0 spiro atoms. The monoisotopic (exact) mass is 514 g/mol. The van der Waals surface area contributed by atoms with E-state index in [-0.39, 0.29) is 69.5 Å². The van der Waals surface area contributed by atoms with E-state index < -0.39 is 25.1 Å². The molecular formula is C20H12N4Na2O6S2. The molecule has 0 saturated heterocycles. The molecule has 3 aromatic carbocycles. The molecule has 34 heavy (non-hydrogen) atoms. The fourth-order valence-corrected chi connectivity index (χ4v) is 4.44. The van der Waals surface area contributed by atoms with E-state index in [9.17, 15) is 25.9 Å². The first-order valence-electron chi connectivity index (χ1n) is 9.04. The van der Waals surface area contributed by atoms with Crippen LogP contribution in [0.25, 0.3) is 44.8 Å². The van der Waals surface area contributed by atoms with E-state index in [4.69, 9.17) is 0 Å². The predicted octanol–water partition coefficient (Wildman–Crippen LogP) is -3.27. The van der Waals surface area contributed by atoms with Gasteiger partial charge >= 0.3 is 59.1 Å². The minimum atomic E-state index is -4.67. The van der Waals surface area contributed by atoms with Crippen molar-refractivity contribution in [3.63, 3.8) is 0 Å². The number of aromatic nitrogens is 4. The van der Waals surface area contributed by atoms with Crippen molar-refractivity contribution in [1.82, 2.24) is 19.9 Å². The van der Waals surface area contributed by atoms with Gasteiger partial charge in [-0.05, 0) is 28.1 Å². The Morgan fingerprint density at radius 1 is 0.882 bits per heavy atom. The summed E-state index contributed by atoms with van der Waals surface area (Å²) in [4.78, 5) is 14.0. The summed E-state index contributed by atoms with van der Waals surface area (Å²) in [6.45, 7) is 0. The van der Waals surface area contributed by atoms with E-state index in [0.717, 1.165) is 6.07 Å². The number of hydrogen-bond donors (Lipinski definition) is 3. The van der Waals surface area contributed by atoms with Crippen molar-refractivity contribution in [2.45, 2.75) is 9.79 Å². The van der Waals surface area contributed by atoms with Crippen molar-refractivity contribution >= 4 is 42.3 Å². The smallest absolute Gasteiger partial charge is 0.744 e. The SMILES string of the molecule is O=S(=O)([O-])c1cccc2[nH]c(-c3ccc(-c4nc5cc(S(=O)(=O)O)c[c-]c5[nH]4)cc3)nc12.[Na+].[Na+]. The Labute approximate surface area is 238 Å². The molecule has 14 heteroatoms. The molecule has 0 unspecified atom stereocenters. The first-order chi connectivity index (χ1) is 15.1. The predicted molar refractivity (Wildman–Crippen MR) is 113 cm³/mol. The minimum absolute atomic E-state index is 0. The van der Waals surface area contributed by atoms with Crippen LogP contribution in [0.2, 0.25) is 0 Å². The second-order valence-corrected chi connectivity index (χ2v) is 9.69. The van der Waals surface area contributed by atoms with Crippen molar-refractivity contribution in [1.29, 1.82) is 0 Å². The van der Waals surface area contributed by atoms with Gasteiger partial charge < -0.3 is 14.5 Å². The Balaban J connectivity index is 0.00000162. The quantitative estimate of drug-likeness (QED) is 0.128. The second kappa shape index (κ2) is 9.82. The van der Waals surface area contributed by atoms with Gasteiger partial charge in [0.05, 0.1) is 10.4 Å². The zero-order valence-corrected chi connectivity index (χ0v) is 23.5. The summed E-state index contributed by atoms with van der Waals surface area (Å²) < 4.78 is 66.2. The molecule has 5 rings (SSSR count). The van der Waals surface area contributed by atoms with Crippen LogP contribution in [0.5, 0.6) is 0 Å². The summed E-state index contributed by atoms with van der Waals surface area (Å²) in [6, 6.07) is 16.4. The van der Waals surface area contributed by atoms with Crippen molar-refractivity contribution < 1.29 is 85.1 Å². The third-order valence-corrected chi connectivity index (χ3v) is 6.54. The van der Waals surface area contributed by atoms with E-state index in [2.05, 4.69) is 26.0 Å². The van der Waals surface area contributed by atoms with Crippen LogP contribution in [0.1, 0.15) is 0 Å². The Hall–Kier alpha value is -1.58. The van der Waals surface area contributed by atoms with E-state index >= 15 is 0 Å². The van der Waals surface area contributed by atoms with Crippen LogP contribution in [0, 0.1) is 6.07 Å². The molecular weight excluding hydrogens is 502 g/mol. The Bertz CT molecular complexity index is 1730. The van der Waals surface area contributed by atoms with Gasteiger partial charge in [-0.15, -0.1) is 6.07 Å². The molecule has 0 aliphatic heterocycles. The van der Waals surface area contributed by atoms with Gasteiger partial charge in [0, 0.05) is 11.1 Å². The Kier molecular flexibility index (Phi) is 7.80. The van der Waals surface area contributed by atoms with Crippen LogP contribution in [-0.4, -0.2) is 45.9 Å². The molecule has 5 aromatic rings. The van der Waals surface area contributed by atoms with Gasteiger partial charge in [-0.25, -0.2) is 21.8 Å². The number of para-hydroxylation sites is 1. The third kappa shape index (κ3) is 5.16. The molecule has 0 aliphatic rings. The van der Waals surface area contributed by atoms with E-state index in [1.807, 2.05) is 0 Å². The largest absolute Gasteiger partial charge is 1.00 e. The van der Waals surface area contributed by atoms with Crippen LogP contribution in [0.4, 0.5) is 0 Å². The van der Waals surface area contributed by atoms with Crippen LogP contribution in [-0.2, 0) is 20.2 Å². The van der Waals surface area contributed by atoms with E-state index in [1.165, 1.54) is 18.2 Å². The number of fused-ring (bicyclic) bond motifs is 2. The molecule has 0 atom stereocenters. The number of imidazole rings is 2. The number of rotatable bonds is 4. The zero-order valence-electron chi connectivity index (χ0n) is 17.9. The molecule has 2 aromatic heterocycles. The summed E-state index contributed by atoms with van der Waals surface area (Å²) in [5.41, 5.74) is 2.62. The maximum absolute atomic E-state index is 11.5. The first kappa shape index (κ1) is 27.0. The van der Waals surface area contributed by atoms with Crippen LogP contribution in [0.15, 0.2) is 64.4 Å². The number of nitrogens with zero attached hydrogens (tertiary/aromatic N) is 2. The molecule has 0 bridgehead atoms. The average Bonchev–Trinajstić information content (AvgIpc) is 3.36. The van der Waals surface area contributed by atoms with Crippen LogP contribution in [0.3, 0.4) is 0 Å². The molecule has 0 radical (unpaired) electrons. The van der Waals surface area contributed by atoms with Gasteiger partial charge in [-0.2, -0.15) is 12.1 Å². The normalized spacial score (nSPS) is 11.8. The molecule has 0 saturated carbocycles. The van der Waals surface area contributed by atoms with Crippen molar-refractivity contribution in [3.05, 3.63) is 60.7 Å². The van der Waals surface area contributed by atoms with Crippen molar-refractivity contribution in [3.8, 4) is 22.8 Å². The topological polar surface area (TPSA) is 169 Å². The number of hydrogen-bond acceptors (Lipinski definition) is 7. The zero-order chi connectivity index (χ0) is 22.7. The van der Waals surface area contributed by atoms with Crippen molar-refractivity contribution in [2.75, 3.05) is 0 Å². The van der Waals surface area contributed by atoms with Gasteiger partial charge in [0.25, 0.3) is 0 Å². The summed E-state index contributed by atoms with van der Waals surface area (Å²) in [5.74, 6) is 0.845. The van der Waals surface area contributed by atoms with Gasteiger partial charge in [0.1, 0.15) is 27.3 Å². The maximum Gasteiger partial charge on any atom is 1.00 e. The summed E-state index contributed by atoms with van der Waals surface area (Å²) in [6.07, 6.45) is 0. The molecule has 0 amide bonds. The van der Waals surface area contributed by atoms with Gasteiger partial charge in [-0.3, -0.25) is 9.54 Å². The summed E-state index contributed by atoms with van der Waals surface area (Å²) in [5, 5.41) is 0. The van der Waals surface area contributed by atoms with Crippen LogP contribution < -0.4 is 59.1 Å². The van der Waals surface area contributed by atoms with Crippen molar-refractivity contribution in [2.24, 2.45) is 0 Å². The minimum Gasteiger partial charge on any atom is -0.744 e. The number of aromatic amines is 2. The summed E-state index contributed by atoms with van der Waals surface area (Å²) >= 11 is 0. The molecule has 2 heterocycles. The Morgan fingerprint density at radius 3 is 2.09 bits per heavy atom. The average molecular weight is 514 g/mol. The maximum atomic E-state index is 11.5. The van der Waals surface area contributed by atoms with Crippen LogP contribution >= 0.6 is 0 Å². The molecule has 0 fully saturated rings. The van der Waals surface area contributed by atoms with E-state index in [1.54, 1.807) is 30.3 Å². The molecule has 0 aliphatic carbocycles. The number of benzene rings is 3. The standard InChI is InChI=1S/C20H13N4O6S2.2Na/c25-31(26,27)13-8-9-14-16(10-13)23-19(21-14)11-4-6-12(7-5-11)20-22-15-2-1-3-17(18(15)24-20)32(28,29)30;;/h1-8,10H,(H,21,23)(H,22,24)(H,25,26,27)(H,28,29,30);;/q-1;2*+1/p-1. The van der Waals surface area contributed by atoms with E-state index in [0.29, 0.717) is 39.3 Å². The van der Waals surface area contributed by atoms with Gasteiger partial charge in [0.15, 0.2) is 0 Å². The van der Waals surface area contributed by atoms with Gasteiger partial charge in [-0.1, -0.05) is 30.3 Å². The van der Waals surface area contributed by atoms with Gasteiger partial charge in [0.2, 0.25) is 10.1 Å². The summed E-state index contributed by atoms with van der Waals surface area (Å²) in [7, 11) is -9.03. The number of H-pyrrole nitrogens is 2. The Morgan fingerprint density at radius 2 is 1.50 bits per heavy atom. The third-order valence-electron chi connectivity index (χ3n) is 4.84. The fraction of sp³-hybridized carbons (Fsp3) is 0. The molecule has 162 valence electrons. The molecule has 3 N–H and O–H groups in total. The fourth-order valence-electron chi connectivity index (χ4n) is 3.34. The second-order valence-electron chi connectivity index (χ2n) is 6.93.